The van der Waals surface area contributed by atoms with Crippen molar-refractivity contribution in [1.82, 2.24) is 5.32 Å². The Balaban J connectivity index is 2.43. The van der Waals surface area contributed by atoms with Gasteiger partial charge < -0.3 is 15.2 Å². The lowest BCUT2D eigenvalue weighted by Gasteiger charge is -2.09. The molecule has 0 fully saturated rings. The normalized spacial score (nSPS) is 10.6. The number of rotatable bonds is 4. The van der Waals surface area contributed by atoms with Crippen molar-refractivity contribution in [3.05, 3.63) is 36.7 Å². The molecule has 0 aliphatic heterocycles. The smallest absolute Gasteiger partial charge is 0.325 e. The zero-order valence-corrected chi connectivity index (χ0v) is 15.0. The van der Waals surface area contributed by atoms with Crippen LogP contribution in [0.1, 0.15) is 17.3 Å². The van der Waals surface area contributed by atoms with Crippen molar-refractivity contribution in [2.24, 2.45) is 0 Å². The number of halogens is 2. The van der Waals surface area contributed by atoms with Crippen molar-refractivity contribution in [1.29, 1.82) is 0 Å². The third-order valence-corrected chi connectivity index (χ3v) is 4.96. The third kappa shape index (κ3) is 3.82. The Kier molecular flexibility index (Phi) is 5.61. The van der Waals surface area contributed by atoms with Gasteiger partial charge in [-0.1, -0.05) is 22.9 Å². The molecule has 0 saturated carbocycles. The van der Waals surface area contributed by atoms with Crippen LogP contribution >= 0.6 is 38.9 Å². The largest absolute Gasteiger partial charge is 0.506 e. The predicted molar refractivity (Wildman–Crippen MR) is 91.4 cm³/mol. The summed E-state index contributed by atoms with van der Waals surface area (Å²) < 4.78 is 5.06. The summed E-state index contributed by atoms with van der Waals surface area (Å²) >= 11 is 9.98. The summed E-state index contributed by atoms with van der Waals surface area (Å²) in [6.07, 6.45) is 0. The Labute approximate surface area is 148 Å². The Morgan fingerprint density at radius 2 is 2.13 bits per heavy atom. The predicted octanol–water partition coefficient (Wildman–Crippen LogP) is 2.68. The number of amides is 1. The van der Waals surface area contributed by atoms with E-state index in [2.05, 4.69) is 26.0 Å². The SMILES string of the molecule is CCOC(=O)CNC(=O)c1c(O)c2cc(Cl)cc(Br)c2sc1=O. The number of nitrogens with one attached hydrogen (secondary N) is 1. The minimum absolute atomic E-state index is 0.178. The molecule has 122 valence electrons. The summed E-state index contributed by atoms with van der Waals surface area (Å²) in [6.45, 7) is 1.42. The Hall–Kier alpha value is -1.64. The van der Waals surface area contributed by atoms with Crippen molar-refractivity contribution in [2.45, 2.75) is 6.92 Å². The van der Waals surface area contributed by atoms with Gasteiger partial charge in [0.2, 0.25) is 4.74 Å². The number of hydrogen-bond acceptors (Lipinski definition) is 6. The molecule has 23 heavy (non-hydrogen) atoms. The molecule has 1 heterocycles. The number of carbonyl (C=O) groups excluding carboxylic acids is 2. The lowest BCUT2D eigenvalue weighted by Crippen LogP contribution is -2.33. The molecule has 0 bridgehead atoms. The van der Waals surface area contributed by atoms with E-state index in [-0.39, 0.29) is 12.0 Å². The summed E-state index contributed by atoms with van der Waals surface area (Å²) in [6, 6.07) is 3.04. The number of ether oxygens (including phenoxy) is 1. The van der Waals surface area contributed by atoms with E-state index in [0.29, 0.717) is 14.2 Å². The summed E-state index contributed by atoms with van der Waals surface area (Å²) in [7, 11) is 0. The van der Waals surface area contributed by atoms with Gasteiger partial charge in [-0.25, -0.2) is 0 Å². The molecule has 1 aromatic heterocycles. The first-order valence-corrected chi connectivity index (χ1v) is 8.42. The molecule has 1 amide bonds. The zero-order valence-electron chi connectivity index (χ0n) is 11.8. The van der Waals surface area contributed by atoms with Crippen LogP contribution < -0.4 is 10.1 Å². The van der Waals surface area contributed by atoms with Gasteiger partial charge in [-0.3, -0.25) is 14.4 Å². The van der Waals surface area contributed by atoms with E-state index in [4.69, 9.17) is 11.6 Å². The quantitative estimate of drug-likeness (QED) is 0.742. The third-order valence-electron chi connectivity index (χ3n) is 2.82. The first-order chi connectivity index (χ1) is 10.8. The van der Waals surface area contributed by atoms with Gasteiger partial charge >= 0.3 is 5.97 Å². The van der Waals surface area contributed by atoms with Crippen LogP contribution in [0.5, 0.6) is 5.75 Å². The van der Waals surface area contributed by atoms with Gasteiger partial charge in [0.05, 0.1) is 11.3 Å². The van der Waals surface area contributed by atoms with Gasteiger partial charge in [-0.2, -0.15) is 0 Å². The van der Waals surface area contributed by atoms with E-state index >= 15 is 0 Å². The Morgan fingerprint density at radius 1 is 1.43 bits per heavy atom. The van der Waals surface area contributed by atoms with Gasteiger partial charge in [0.15, 0.2) is 0 Å². The van der Waals surface area contributed by atoms with Crippen LogP contribution in [0, 0.1) is 0 Å². The maximum Gasteiger partial charge on any atom is 0.325 e. The van der Waals surface area contributed by atoms with Gasteiger partial charge in [0.1, 0.15) is 17.9 Å². The standard InChI is InChI=1S/C14H11BrClNO5S/c1-2-22-9(18)5-17-13(20)10-11(19)7-3-6(16)4-8(15)12(7)23-14(10)21/h3-4,19H,2,5H2,1H3,(H,17,20). The molecule has 2 rings (SSSR count). The van der Waals surface area contributed by atoms with Crippen molar-refractivity contribution in [3.8, 4) is 5.75 Å². The second-order valence-electron chi connectivity index (χ2n) is 4.37. The van der Waals surface area contributed by atoms with E-state index in [9.17, 15) is 19.5 Å². The van der Waals surface area contributed by atoms with Crippen LogP contribution in [-0.2, 0) is 9.53 Å². The van der Waals surface area contributed by atoms with Crippen LogP contribution in [0.3, 0.4) is 0 Å². The average Bonchev–Trinajstić information content (AvgIpc) is 2.47. The highest BCUT2D eigenvalue weighted by Gasteiger charge is 2.21. The van der Waals surface area contributed by atoms with Gasteiger partial charge in [-0.15, -0.1) is 0 Å². The monoisotopic (exact) mass is 419 g/mol. The maximum absolute atomic E-state index is 12.1. The summed E-state index contributed by atoms with van der Waals surface area (Å²) in [5.41, 5.74) is -0.430. The second-order valence-corrected chi connectivity index (χ2v) is 6.64. The van der Waals surface area contributed by atoms with Crippen molar-refractivity contribution in [2.75, 3.05) is 13.2 Å². The molecule has 0 spiro atoms. The first kappa shape index (κ1) is 17.7. The van der Waals surface area contributed by atoms with E-state index in [1.165, 1.54) is 6.07 Å². The van der Waals surface area contributed by atoms with Crippen molar-refractivity contribution >= 4 is 60.8 Å². The lowest BCUT2D eigenvalue weighted by atomic mass is 10.1. The molecule has 1 aromatic carbocycles. The Morgan fingerprint density at radius 3 is 2.78 bits per heavy atom. The molecule has 9 heteroatoms. The highest BCUT2D eigenvalue weighted by atomic mass is 79.9. The van der Waals surface area contributed by atoms with Crippen LogP contribution in [0.2, 0.25) is 5.02 Å². The van der Waals surface area contributed by atoms with E-state index in [0.717, 1.165) is 11.3 Å². The van der Waals surface area contributed by atoms with Crippen LogP contribution in [0.15, 0.2) is 21.4 Å². The second kappa shape index (κ2) is 7.29. The van der Waals surface area contributed by atoms with Crippen LogP contribution in [-0.4, -0.2) is 30.1 Å². The molecule has 2 aromatic rings. The van der Waals surface area contributed by atoms with Gasteiger partial charge in [0, 0.05) is 14.9 Å². The van der Waals surface area contributed by atoms with Gasteiger partial charge in [0.25, 0.3) is 5.91 Å². The van der Waals surface area contributed by atoms with Crippen molar-refractivity contribution in [3.63, 3.8) is 0 Å². The minimum Gasteiger partial charge on any atom is -0.506 e. The molecule has 0 saturated heterocycles. The van der Waals surface area contributed by atoms with Crippen LogP contribution in [0.4, 0.5) is 0 Å². The number of esters is 1. The van der Waals surface area contributed by atoms with E-state index in [1.54, 1.807) is 13.0 Å². The number of carbonyl (C=O) groups is 2. The molecule has 0 aliphatic carbocycles. The first-order valence-electron chi connectivity index (χ1n) is 6.43. The zero-order chi connectivity index (χ0) is 17.1. The van der Waals surface area contributed by atoms with Crippen LogP contribution in [0.25, 0.3) is 10.1 Å². The molecule has 0 aliphatic rings. The van der Waals surface area contributed by atoms with Gasteiger partial charge in [-0.05, 0) is 35.0 Å². The van der Waals surface area contributed by atoms with Crippen molar-refractivity contribution < 1.29 is 19.4 Å². The maximum atomic E-state index is 12.1. The number of hydrogen-bond donors (Lipinski definition) is 2. The minimum atomic E-state index is -0.852. The number of aromatic hydroxyl groups is 1. The summed E-state index contributed by atoms with van der Waals surface area (Å²) in [4.78, 5) is 35.5. The molecule has 0 atom stereocenters. The molecular weight excluding hydrogens is 410 g/mol. The number of fused-ring (bicyclic) bond motifs is 1. The topological polar surface area (TPSA) is 92.7 Å². The number of benzene rings is 1. The summed E-state index contributed by atoms with van der Waals surface area (Å²) in [5, 5.41) is 13.1. The van der Waals surface area contributed by atoms with E-state index < -0.39 is 34.5 Å². The molecule has 0 radical (unpaired) electrons. The molecule has 2 N–H and O–H groups in total. The fourth-order valence-corrected chi connectivity index (χ4v) is 3.82. The molecule has 0 unspecified atom stereocenters. The average molecular weight is 421 g/mol. The Bertz CT molecular complexity index is 851. The van der Waals surface area contributed by atoms with E-state index in [1.807, 2.05) is 0 Å². The molecule has 6 nitrogen and oxygen atoms in total. The highest BCUT2D eigenvalue weighted by Crippen LogP contribution is 2.36. The highest BCUT2D eigenvalue weighted by molar-refractivity contribution is 9.10. The summed E-state index contributed by atoms with van der Waals surface area (Å²) in [5.74, 6) is -1.97. The lowest BCUT2D eigenvalue weighted by molar-refractivity contribution is -0.141. The fourth-order valence-electron chi connectivity index (χ4n) is 1.87. The molecular formula is C14H11BrClNO5S. The fraction of sp³-hybridized carbons (Fsp3) is 0.214.